The Morgan fingerprint density at radius 1 is 0.772 bits per heavy atom. The molecule has 0 aliphatic carbocycles. The van der Waals surface area contributed by atoms with Gasteiger partial charge in [-0.3, -0.25) is 38.6 Å². The molecule has 1 fully saturated rings. The van der Waals surface area contributed by atoms with Gasteiger partial charge in [0.1, 0.15) is 18.1 Å². The zero-order chi connectivity index (χ0) is 43.2. The lowest BCUT2D eigenvalue weighted by Crippen LogP contribution is -2.59. The first-order chi connectivity index (χ1) is 27.1. The van der Waals surface area contributed by atoms with Crippen LogP contribution in [0.3, 0.4) is 0 Å². The Morgan fingerprint density at radius 3 is 1.89 bits per heavy atom. The minimum Gasteiger partial charge on any atom is -0.481 e. The van der Waals surface area contributed by atoms with E-state index in [0.29, 0.717) is 18.7 Å². The first-order valence-electron chi connectivity index (χ1n) is 20.5. The number of unbranched alkanes of at least 4 members (excludes halogenated alkanes) is 4. The fourth-order valence-electron chi connectivity index (χ4n) is 5.86. The van der Waals surface area contributed by atoms with Gasteiger partial charge in [0.25, 0.3) is 0 Å². The number of amides is 4. The Labute approximate surface area is 343 Å². The average Bonchev–Trinajstić information content (AvgIpc) is 3.16. The van der Waals surface area contributed by atoms with Gasteiger partial charge < -0.3 is 48.3 Å². The Hall–Kier alpha value is -3.77. The van der Waals surface area contributed by atoms with Crippen molar-refractivity contribution in [2.24, 2.45) is 16.5 Å². The Bertz CT molecular complexity index is 1260. The molecule has 1 aliphatic heterocycles. The molecular weight excluding hydrogens is 757 g/mol. The van der Waals surface area contributed by atoms with Gasteiger partial charge in [-0.05, 0) is 70.9 Å². The molecule has 11 N–H and O–H groups in total. The lowest BCUT2D eigenvalue weighted by molar-refractivity contribution is -0.140. The summed E-state index contributed by atoms with van der Waals surface area (Å²) in [5.41, 5.74) is 10.8. The molecule has 1 aliphatic rings. The van der Waals surface area contributed by atoms with Gasteiger partial charge >= 0.3 is 5.97 Å². The topological polar surface area (TPSA) is 284 Å². The van der Waals surface area contributed by atoms with E-state index in [-0.39, 0.29) is 44.6 Å². The van der Waals surface area contributed by atoms with E-state index in [9.17, 15) is 43.8 Å². The summed E-state index contributed by atoms with van der Waals surface area (Å²) >= 11 is 1.41. The molecule has 0 aromatic carbocycles. The molecule has 4 amide bonds. The molecule has 0 bridgehead atoms. The lowest BCUT2D eigenvalue weighted by Gasteiger charge is -2.27. The van der Waals surface area contributed by atoms with E-state index in [0.717, 1.165) is 32.1 Å². The van der Waals surface area contributed by atoms with Gasteiger partial charge in [-0.15, -0.1) is 0 Å². The molecule has 1 rings (SSSR count). The highest BCUT2D eigenvalue weighted by atomic mass is 32.2. The van der Waals surface area contributed by atoms with Gasteiger partial charge in [0.05, 0.1) is 18.2 Å². The number of hydrogen-bond donors (Lipinski definition) is 9. The van der Waals surface area contributed by atoms with Crippen LogP contribution in [0, 0.1) is 0 Å². The largest absolute Gasteiger partial charge is 0.481 e. The smallest absolute Gasteiger partial charge is 0.303 e. The normalized spacial score (nSPS) is 23.3. The zero-order valence-corrected chi connectivity index (χ0v) is 35.7. The number of aliphatic imine (C=N–C) groups is 1. The van der Waals surface area contributed by atoms with Crippen LogP contribution in [0.4, 0.5) is 0 Å². The number of carboxylic acids is 1. The second kappa shape index (κ2) is 32.2. The molecule has 3 unspecified atom stereocenters. The molecule has 17 nitrogen and oxygen atoms in total. The molecule has 1 heterocycles. The second-order valence-corrected chi connectivity index (χ2v) is 15.5. The van der Waals surface area contributed by atoms with E-state index in [4.69, 9.17) is 11.5 Å². The number of ketones is 2. The number of aliphatic carboxylic acids is 1. The van der Waals surface area contributed by atoms with Gasteiger partial charge in [0.15, 0.2) is 5.96 Å². The van der Waals surface area contributed by atoms with Crippen molar-refractivity contribution in [1.82, 2.24) is 26.6 Å². The molecule has 0 aromatic rings. The highest BCUT2D eigenvalue weighted by Gasteiger charge is 2.34. The van der Waals surface area contributed by atoms with E-state index in [1.807, 2.05) is 6.26 Å². The summed E-state index contributed by atoms with van der Waals surface area (Å²) < 4.78 is 0. The first kappa shape index (κ1) is 53.2. The number of Topliss-reactive ketones (excluding diaryl/α,β-unsaturated/α-hetero) is 2. The fourth-order valence-corrected chi connectivity index (χ4v) is 6.33. The van der Waals surface area contributed by atoms with Crippen LogP contribution >= 0.6 is 11.8 Å². The van der Waals surface area contributed by atoms with E-state index in [1.54, 1.807) is 6.92 Å². The number of rotatable bonds is 15. The number of hydrogen-bond acceptors (Lipinski definition) is 11. The molecule has 18 heteroatoms. The van der Waals surface area contributed by atoms with Gasteiger partial charge in [-0.1, -0.05) is 71.6 Å². The predicted octanol–water partition coefficient (Wildman–Crippen LogP) is 1.82. The number of carbonyl (C=O) groups excluding carboxylic acids is 6. The summed E-state index contributed by atoms with van der Waals surface area (Å²) in [6.45, 7) is 7.96. The maximum atomic E-state index is 13.7. The molecule has 0 saturated carbocycles. The molecular formula is C39H72N8O9S. The summed E-state index contributed by atoms with van der Waals surface area (Å²) in [4.78, 5) is 94.9. The second-order valence-electron chi connectivity index (χ2n) is 14.5. The van der Waals surface area contributed by atoms with Crippen molar-refractivity contribution in [2.75, 3.05) is 25.1 Å². The molecule has 328 valence electrons. The summed E-state index contributed by atoms with van der Waals surface area (Å²) in [7, 11) is 0. The SMILES string of the molecule is CCCCCCC.CSCCC1NC(=O)[C@H](CCCN=C(N)N)NC(=O)C(CCC(=O)O)NC(=O)[C@H]([C@@H](C)O)NC(=O)CCCCCCCCNC(C)C(=O)C1=O. The van der Waals surface area contributed by atoms with Gasteiger partial charge in [0, 0.05) is 19.4 Å². The van der Waals surface area contributed by atoms with E-state index in [1.165, 1.54) is 50.8 Å². The van der Waals surface area contributed by atoms with Crippen molar-refractivity contribution in [3.05, 3.63) is 0 Å². The van der Waals surface area contributed by atoms with Crippen LogP contribution in [0.25, 0.3) is 0 Å². The molecule has 0 spiro atoms. The third-order valence-corrected chi connectivity index (χ3v) is 9.95. The highest BCUT2D eigenvalue weighted by molar-refractivity contribution is 7.98. The van der Waals surface area contributed by atoms with Crippen molar-refractivity contribution in [3.8, 4) is 0 Å². The summed E-state index contributed by atoms with van der Waals surface area (Å²) in [5.74, 6) is -5.59. The molecule has 57 heavy (non-hydrogen) atoms. The number of nitrogens with one attached hydrogen (secondary N) is 5. The van der Waals surface area contributed by atoms with Crippen LogP contribution in [0.5, 0.6) is 0 Å². The van der Waals surface area contributed by atoms with Crippen LogP contribution < -0.4 is 38.1 Å². The Morgan fingerprint density at radius 2 is 1.33 bits per heavy atom. The number of nitrogens with zero attached hydrogens (tertiary/aromatic N) is 1. The van der Waals surface area contributed by atoms with Gasteiger partial charge in [0.2, 0.25) is 35.2 Å². The van der Waals surface area contributed by atoms with Crippen LogP contribution in [0.1, 0.15) is 137 Å². The van der Waals surface area contributed by atoms with E-state index in [2.05, 4.69) is 45.4 Å². The maximum absolute atomic E-state index is 13.7. The number of carbonyl (C=O) groups is 7. The van der Waals surface area contributed by atoms with Gasteiger partial charge in [-0.2, -0.15) is 11.8 Å². The molecule has 0 aromatic heterocycles. The number of thioether (sulfide) groups is 1. The van der Waals surface area contributed by atoms with Gasteiger partial charge in [-0.25, -0.2) is 0 Å². The number of guanidine groups is 1. The number of aliphatic hydroxyl groups is 1. The standard InChI is InChI=1S/C32H56N8O9S.C7H16/c1-19-27(45)28(46)21(15-18-50-3)37-29(47)22(11-10-17-36-32(33)34)38-30(48)23(13-14-25(43)44)39-31(49)26(20(2)41)40-24(42)12-8-6-4-5-7-9-16-35-19;1-3-5-7-6-4-2/h19-23,26,35,41H,4-18H2,1-3H3,(H,37,47)(H,38,48)(H,39,49)(H,40,42)(H,43,44)(H4,33,34,36);3-7H2,1-2H3/t19?,20-,21?,22+,23?,26+;/m1./s1. The van der Waals surface area contributed by atoms with Crippen LogP contribution in [-0.2, 0) is 33.6 Å². The van der Waals surface area contributed by atoms with Crippen molar-refractivity contribution < 1.29 is 43.8 Å². The zero-order valence-electron chi connectivity index (χ0n) is 34.9. The summed E-state index contributed by atoms with van der Waals surface area (Å²) in [6, 6.07) is -6.22. The summed E-state index contributed by atoms with van der Waals surface area (Å²) in [5, 5.41) is 32.8. The minimum atomic E-state index is -1.49. The average molecular weight is 829 g/mol. The minimum absolute atomic E-state index is 0.0321. The van der Waals surface area contributed by atoms with E-state index >= 15 is 0 Å². The maximum Gasteiger partial charge on any atom is 0.303 e. The van der Waals surface area contributed by atoms with Crippen LogP contribution in [-0.4, -0.2) is 119 Å². The van der Waals surface area contributed by atoms with Crippen LogP contribution in [0.2, 0.25) is 0 Å². The lowest BCUT2D eigenvalue weighted by atomic mass is 10.00. The van der Waals surface area contributed by atoms with Crippen molar-refractivity contribution >= 4 is 58.9 Å². The predicted molar refractivity (Wildman–Crippen MR) is 223 cm³/mol. The molecule has 1 saturated heterocycles. The van der Waals surface area contributed by atoms with Crippen LogP contribution in [0.15, 0.2) is 4.99 Å². The number of carboxylic acid groups (broad SMARTS) is 1. The third kappa shape index (κ3) is 25.3. The third-order valence-electron chi connectivity index (χ3n) is 9.31. The number of aliphatic hydroxyl groups excluding tert-OH is 1. The molecule has 0 radical (unpaired) electrons. The highest BCUT2D eigenvalue weighted by Crippen LogP contribution is 2.11. The quantitative estimate of drug-likeness (QED) is 0.0494. The molecule has 6 atom stereocenters. The van der Waals surface area contributed by atoms with Crippen molar-refractivity contribution in [2.45, 2.75) is 173 Å². The van der Waals surface area contributed by atoms with E-state index < -0.39 is 83.9 Å². The Kier molecular flexibility index (Phi) is 30.1. The summed E-state index contributed by atoms with van der Waals surface area (Å²) in [6.07, 6.45) is 11.6. The van der Waals surface area contributed by atoms with Crippen molar-refractivity contribution in [3.63, 3.8) is 0 Å². The monoisotopic (exact) mass is 829 g/mol. The fraction of sp³-hybridized carbons (Fsp3) is 0.795. The Balaban J connectivity index is 0.00000407. The number of nitrogens with two attached hydrogens (primary N) is 2. The first-order valence-corrected chi connectivity index (χ1v) is 21.9. The van der Waals surface area contributed by atoms with Crippen molar-refractivity contribution in [1.29, 1.82) is 0 Å².